The minimum Gasteiger partial charge on any atom is -0.507 e. The van der Waals surface area contributed by atoms with Gasteiger partial charge < -0.3 is 5.11 Å². The number of aliphatic hydroxyl groups excluding tert-OH is 1. The van der Waals surface area contributed by atoms with Crippen molar-refractivity contribution < 1.29 is 14.7 Å². The Balaban J connectivity index is 1.68. The summed E-state index contributed by atoms with van der Waals surface area (Å²) in [5, 5.41) is 11.3. The highest BCUT2D eigenvalue weighted by atomic mass is 79.9. The summed E-state index contributed by atoms with van der Waals surface area (Å²) >= 11 is 3.42. The van der Waals surface area contributed by atoms with Crippen molar-refractivity contribution >= 4 is 39.1 Å². The third-order valence-corrected chi connectivity index (χ3v) is 6.82. The van der Waals surface area contributed by atoms with Crippen molar-refractivity contribution in [2.45, 2.75) is 31.7 Å². The van der Waals surface area contributed by atoms with Crippen LogP contribution in [-0.4, -0.2) is 16.8 Å². The Labute approximate surface area is 195 Å². The summed E-state index contributed by atoms with van der Waals surface area (Å²) in [7, 11) is 0. The Morgan fingerprint density at radius 2 is 1.56 bits per heavy atom. The molecule has 0 saturated carbocycles. The van der Waals surface area contributed by atoms with Crippen LogP contribution in [0.15, 0.2) is 82.8 Å². The molecule has 1 fully saturated rings. The lowest BCUT2D eigenvalue weighted by Gasteiger charge is -2.25. The summed E-state index contributed by atoms with van der Waals surface area (Å²) in [5.74, 6) is -1.43. The Morgan fingerprint density at radius 3 is 2.28 bits per heavy atom. The Kier molecular flexibility index (Phi) is 5.43. The van der Waals surface area contributed by atoms with Crippen molar-refractivity contribution in [3.8, 4) is 0 Å². The number of carbonyl (C=O) groups is 2. The molecule has 1 aliphatic heterocycles. The molecule has 0 spiro atoms. The van der Waals surface area contributed by atoms with E-state index in [2.05, 4.69) is 15.9 Å². The molecule has 1 N–H and O–H groups in total. The first-order valence-corrected chi connectivity index (χ1v) is 11.6. The number of Topliss-reactive ketones (excluding diaryl/α,β-unsaturated/α-hetero) is 1. The number of hydrogen-bond donors (Lipinski definition) is 1. The van der Waals surface area contributed by atoms with Crippen LogP contribution < -0.4 is 4.90 Å². The van der Waals surface area contributed by atoms with E-state index >= 15 is 0 Å². The largest absolute Gasteiger partial charge is 0.507 e. The third kappa shape index (κ3) is 3.56. The van der Waals surface area contributed by atoms with Crippen LogP contribution in [0.2, 0.25) is 0 Å². The van der Waals surface area contributed by atoms with Gasteiger partial charge in [-0.2, -0.15) is 0 Å². The molecule has 5 rings (SSSR count). The molecule has 3 aromatic rings. The monoisotopic (exact) mass is 487 g/mol. The lowest BCUT2D eigenvalue weighted by Crippen LogP contribution is -2.29. The Bertz CT molecular complexity index is 1230. The van der Waals surface area contributed by atoms with Gasteiger partial charge >= 0.3 is 0 Å². The van der Waals surface area contributed by atoms with E-state index in [1.54, 1.807) is 12.1 Å². The van der Waals surface area contributed by atoms with Crippen LogP contribution in [0.3, 0.4) is 0 Å². The molecule has 1 heterocycles. The second kappa shape index (κ2) is 8.40. The van der Waals surface area contributed by atoms with Crippen molar-refractivity contribution in [3.05, 3.63) is 105 Å². The topological polar surface area (TPSA) is 57.6 Å². The van der Waals surface area contributed by atoms with Crippen LogP contribution >= 0.6 is 15.9 Å². The minimum atomic E-state index is -0.701. The number of rotatable bonds is 3. The lowest BCUT2D eigenvalue weighted by atomic mass is 9.88. The fourth-order valence-electron chi connectivity index (χ4n) is 4.69. The highest BCUT2D eigenvalue weighted by Gasteiger charge is 2.46. The molecular formula is C27H22BrNO3. The first-order valence-electron chi connectivity index (χ1n) is 10.8. The number of hydrogen-bond acceptors (Lipinski definition) is 3. The maximum Gasteiger partial charge on any atom is 0.300 e. The predicted octanol–water partition coefficient (Wildman–Crippen LogP) is 5.95. The van der Waals surface area contributed by atoms with E-state index in [4.69, 9.17) is 0 Å². The van der Waals surface area contributed by atoms with Crippen molar-refractivity contribution in [2.24, 2.45) is 0 Å². The zero-order chi connectivity index (χ0) is 22.2. The predicted molar refractivity (Wildman–Crippen MR) is 128 cm³/mol. The zero-order valence-corrected chi connectivity index (χ0v) is 19.0. The average Bonchev–Trinajstić information content (AvgIpc) is 3.10. The van der Waals surface area contributed by atoms with Crippen LogP contribution in [0.25, 0.3) is 5.76 Å². The van der Waals surface area contributed by atoms with Crippen molar-refractivity contribution in [1.29, 1.82) is 0 Å². The number of aliphatic hydroxyl groups is 1. The van der Waals surface area contributed by atoms with Gasteiger partial charge in [0.25, 0.3) is 11.7 Å². The fraction of sp³-hybridized carbons (Fsp3) is 0.185. The van der Waals surface area contributed by atoms with Crippen LogP contribution in [0, 0.1) is 0 Å². The SMILES string of the molecule is O=C1C(=O)N(c2ccc(Br)cc2)C(c2ccccc2)/C1=C(/O)c1ccc2c(c1)CCCC2. The summed E-state index contributed by atoms with van der Waals surface area (Å²) < 4.78 is 0.878. The van der Waals surface area contributed by atoms with Crippen molar-refractivity contribution in [2.75, 3.05) is 4.90 Å². The molecule has 0 bridgehead atoms. The summed E-state index contributed by atoms with van der Waals surface area (Å²) in [6.07, 6.45) is 4.29. The number of halogens is 1. The fourth-order valence-corrected chi connectivity index (χ4v) is 4.95. The average molecular weight is 488 g/mol. The van der Waals surface area contributed by atoms with Gasteiger partial charge in [-0.3, -0.25) is 14.5 Å². The summed E-state index contributed by atoms with van der Waals surface area (Å²) in [5.41, 5.74) is 4.59. The van der Waals surface area contributed by atoms with E-state index in [9.17, 15) is 14.7 Å². The van der Waals surface area contributed by atoms with Gasteiger partial charge in [0.15, 0.2) is 0 Å². The molecule has 3 aromatic carbocycles. The molecule has 4 nitrogen and oxygen atoms in total. The number of ketones is 1. The number of amides is 1. The summed E-state index contributed by atoms with van der Waals surface area (Å²) in [6.45, 7) is 0. The van der Waals surface area contributed by atoms with E-state index in [0.29, 0.717) is 11.3 Å². The summed E-state index contributed by atoms with van der Waals surface area (Å²) in [4.78, 5) is 27.9. The van der Waals surface area contributed by atoms with Gasteiger partial charge in [0.05, 0.1) is 11.6 Å². The maximum atomic E-state index is 13.2. The Hall–Kier alpha value is -3.18. The smallest absolute Gasteiger partial charge is 0.300 e. The molecule has 1 unspecified atom stereocenters. The quantitative estimate of drug-likeness (QED) is 0.282. The second-order valence-corrected chi connectivity index (χ2v) is 9.16. The van der Waals surface area contributed by atoms with Gasteiger partial charge in [-0.05, 0) is 72.7 Å². The molecule has 5 heteroatoms. The molecule has 0 radical (unpaired) electrons. The molecule has 2 aliphatic rings. The molecule has 160 valence electrons. The van der Waals surface area contributed by atoms with Crippen LogP contribution in [-0.2, 0) is 22.4 Å². The second-order valence-electron chi connectivity index (χ2n) is 8.25. The van der Waals surface area contributed by atoms with Crippen molar-refractivity contribution in [1.82, 2.24) is 0 Å². The molecule has 1 atom stereocenters. The maximum absolute atomic E-state index is 13.2. The number of aryl methyl sites for hydroxylation is 2. The molecule has 1 amide bonds. The van der Waals surface area contributed by atoms with E-state index in [-0.39, 0.29) is 11.3 Å². The van der Waals surface area contributed by atoms with E-state index in [1.807, 2.05) is 60.7 Å². The van der Waals surface area contributed by atoms with Gasteiger partial charge in [-0.15, -0.1) is 0 Å². The molecule has 32 heavy (non-hydrogen) atoms. The number of fused-ring (bicyclic) bond motifs is 1. The van der Waals surface area contributed by atoms with Gasteiger partial charge in [0, 0.05) is 15.7 Å². The number of carbonyl (C=O) groups excluding carboxylic acids is 2. The molecule has 1 saturated heterocycles. The zero-order valence-electron chi connectivity index (χ0n) is 17.4. The van der Waals surface area contributed by atoms with Gasteiger partial charge in [-0.25, -0.2) is 0 Å². The number of anilines is 1. The standard InChI is InChI=1S/C27H22BrNO3/c28-21-12-14-22(15-13-21)29-24(18-7-2-1-3-8-18)23(26(31)27(29)32)25(30)20-11-10-17-6-4-5-9-19(17)16-20/h1-3,7-8,10-16,24,30H,4-6,9H2/b25-23-. The number of benzene rings is 3. The minimum absolute atomic E-state index is 0.120. The van der Waals surface area contributed by atoms with Crippen molar-refractivity contribution in [3.63, 3.8) is 0 Å². The van der Waals surface area contributed by atoms with Gasteiger partial charge in [0.1, 0.15) is 5.76 Å². The third-order valence-electron chi connectivity index (χ3n) is 6.29. The summed E-state index contributed by atoms with van der Waals surface area (Å²) in [6, 6.07) is 21.8. The van der Waals surface area contributed by atoms with Crippen LogP contribution in [0.4, 0.5) is 5.69 Å². The molecule has 1 aliphatic carbocycles. The van der Waals surface area contributed by atoms with Crippen LogP contribution in [0.5, 0.6) is 0 Å². The van der Waals surface area contributed by atoms with Gasteiger partial charge in [0.2, 0.25) is 0 Å². The normalized spacial score (nSPS) is 19.8. The highest BCUT2D eigenvalue weighted by molar-refractivity contribution is 9.10. The van der Waals surface area contributed by atoms with Crippen LogP contribution in [0.1, 0.15) is 41.1 Å². The van der Waals surface area contributed by atoms with E-state index < -0.39 is 17.7 Å². The van der Waals surface area contributed by atoms with E-state index in [0.717, 1.165) is 29.3 Å². The van der Waals surface area contributed by atoms with E-state index in [1.165, 1.54) is 22.4 Å². The molecular weight excluding hydrogens is 466 g/mol. The van der Waals surface area contributed by atoms with Gasteiger partial charge in [-0.1, -0.05) is 58.4 Å². The first-order chi connectivity index (χ1) is 15.5. The lowest BCUT2D eigenvalue weighted by molar-refractivity contribution is -0.132. The molecule has 0 aromatic heterocycles. The number of nitrogens with zero attached hydrogens (tertiary/aromatic N) is 1. The Morgan fingerprint density at radius 1 is 0.875 bits per heavy atom. The first kappa shape index (κ1) is 20.7. The highest BCUT2D eigenvalue weighted by Crippen LogP contribution is 2.42.